The summed E-state index contributed by atoms with van der Waals surface area (Å²) in [4.78, 5) is 16.1. The maximum Gasteiger partial charge on any atom is 0.317 e. The van der Waals surface area contributed by atoms with Gasteiger partial charge >= 0.3 is 6.03 Å². The van der Waals surface area contributed by atoms with Crippen LogP contribution in [0.15, 0.2) is 0 Å². The molecule has 1 atom stereocenters. The van der Waals surface area contributed by atoms with Crippen LogP contribution in [0, 0.1) is 5.92 Å². The smallest absolute Gasteiger partial charge is 0.317 e. The van der Waals surface area contributed by atoms with Crippen LogP contribution in [0.3, 0.4) is 0 Å². The highest BCUT2D eigenvalue weighted by atomic mass is 16.5. The van der Waals surface area contributed by atoms with Crippen LogP contribution in [-0.4, -0.2) is 68.8 Å². The fraction of sp³-hybridized carbons (Fsp3) is 0.917. The molecule has 2 heterocycles. The van der Waals surface area contributed by atoms with Crippen molar-refractivity contribution in [2.75, 3.05) is 53.0 Å². The van der Waals surface area contributed by atoms with Crippen LogP contribution < -0.4 is 5.32 Å². The molecular weight excluding hydrogens is 218 g/mol. The van der Waals surface area contributed by atoms with Crippen molar-refractivity contribution in [2.24, 2.45) is 5.92 Å². The third-order valence-electron chi connectivity index (χ3n) is 3.56. The van der Waals surface area contributed by atoms with Gasteiger partial charge in [-0.2, -0.15) is 0 Å². The molecule has 98 valence electrons. The van der Waals surface area contributed by atoms with E-state index in [1.165, 1.54) is 19.4 Å². The number of urea groups is 1. The van der Waals surface area contributed by atoms with Crippen molar-refractivity contribution in [3.05, 3.63) is 0 Å². The number of amides is 2. The first-order valence-corrected chi connectivity index (χ1v) is 6.55. The van der Waals surface area contributed by atoms with Gasteiger partial charge < -0.3 is 19.9 Å². The van der Waals surface area contributed by atoms with Crippen molar-refractivity contribution < 1.29 is 9.53 Å². The van der Waals surface area contributed by atoms with Gasteiger partial charge in [-0.3, -0.25) is 0 Å². The lowest BCUT2D eigenvalue weighted by Crippen LogP contribution is -2.48. The Bertz CT molecular complexity index is 254. The maximum atomic E-state index is 11.9. The van der Waals surface area contributed by atoms with Crippen molar-refractivity contribution in [3.8, 4) is 0 Å². The zero-order valence-corrected chi connectivity index (χ0v) is 10.7. The SMILES string of the molecule is CN1CCCC(CNC(=O)N2CCOCC2)C1. The fourth-order valence-corrected chi connectivity index (χ4v) is 2.55. The van der Waals surface area contributed by atoms with E-state index in [1.807, 2.05) is 4.90 Å². The van der Waals surface area contributed by atoms with Crippen molar-refractivity contribution in [3.63, 3.8) is 0 Å². The summed E-state index contributed by atoms with van der Waals surface area (Å²) >= 11 is 0. The van der Waals surface area contributed by atoms with Crippen LogP contribution in [-0.2, 0) is 4.74 Å². The molecule has 2 fully saturated rings. The monoisotopic (exact) mass is 241 g/mol. The topological polar surface area (TPSA) is 44.8 Å². The second-order valence-corrected chi connectivity index (χ2v) is 5.06. The van der Waals surface area contributed by atoms with Gasteiger partial charge in [-0.05, 0) is 32.4 Å². The number of carbonyl (C=O) groups excluding carboxylic acids is 1. The van der Waals surface area contributed by atoms with Crippen molar-refractivity contribution in [1.82, 2.24) is 15.1 Å². The molecule has 0 radical (unpaired) electrons. The van der Waals surface area contributed by atoms with E-state index in [1.54, 1.807) is 0 Å². The van der Waals surface area contributed by atoms with Crippen molar-refractivity contribution >= 4 is 6.03 Å². The van der Waals surface area contributed by atoms with Gasteiger partial charge in [0.25, 0.3) is 0 Å². The van der Waals surface area contributed by atoms with E-state index in [9.17, 15) is 4.79 Å². The molecule has 1 N–H and O–H groups in total. The first-order valence-electron chi connectivity index (χ1n) is 6.55. The Hall–Kier alpha value is -0.810. The molecule has 5 nitrogen and oxygen atoms in total. The highest BCUT2D eigenvalue weighted by Crippen LogP contribution is 2.13. The number of rotatable bonds is 2. The summed E-state index contributed by atoms with van der Waals surface area (Å²) in [6, 6.07) is 0.0709. The molecule has 0 spiro atoms. The highest BCUT2D eigenvalue weighted by molar-refractivity contribution is 5.74. The van der Waals surface area contributed by atoms with Crippen molar-refractivity contribution in [2.45, 2.75) is 12.8 Å². The summed E-state index contributed by atoms with van der Waals surface area (Å²) in [5.74, 6) is 0.610. The summed E-state index contributed by atoms with van der Waals surface area (Å²) in [7, 11) is 2.15. The number of nitrogens with zero attached hydrogens (tertiary/aromatic N) is 2. The Morgan fingerprint density at radius 3 is 2.82 bits per heavy atom. The molecule has 2 saturated heterocycles. The molecule has 1 unspecified atom stereocenters. The number of ether oxygens (including phenoxy) is 1. The molecule has 17 heavy (non-hydrogen) atoms. The normalized spacial score (nSPS) is 26.9. The molecule has 0 aliphatic carbocycles. The lowest BCUT2D eigenvalue weighted by molar-refractivity contribution is 0.0527. The number of morpholine rings is 1. The third kappa shape index (κ3) is 3.85. The number of nitrogens with one attached hydrogen (secondary N) is 1. The van der Waals surface area contributed by atoms with Gasteiger partial charge in [0.1, 0.15) is 0 Å². The first-order chi connectivity index (χ1) is 8.25. The predicted molar refractivity (Wildman–Crippen MR) is 66.0 cm³/mol. The fourth-order valence-electron chi connectivity index (χ4n) is 2.55. The number of hydrogen-bond acceptors (Lipinski definition) is 3. The quantitative estimate of drug-likeness (QED) is 0.760. The van der Waals surface area contributed by atoms with Gasteiger partial charge in [0.2, 0.25) is 0 Å². The van der Waals surface area contributed by atoms with Gasteiger partial charge in [0.15, 0.2) is 0 Å². The molecule has 0 aromatic heterocycles. The second kappa shape index (κ2) is 6.21. The summed E-state index contributed by atoms with van der Waals surface area (Å²) in [5.41, 5.74) is 0. The van der Waals surface area contributed by atoms with E-state index in [4.69, 9.17) is 4.74 Å². The lowest BCUT2D eigenvalue weighted by atomic mass is 9.99. The number of piperidine rings is 1. The van der Waals surface area contributed by atoms with Gasteiger partial charge in [0, 0.05) is 26.2 Å². The summed E-state index contributed by atoms with van der Waals surface area (Å²) in [6.07, 6.45) is 2.47. The molecule has 5 heteroatoms. The minimum absolute atomic E-state index is 0.0709. The van der Waals surface area contributed by atoms with E-state index in [0.717, 1.165) is 26.2 Å². The Labute approximate surface area is 103 Å². The standard InChI is InChI=1S/C12H23N3O2/c1-14-4-2-3-11(10-14)9-13-12(16)15-5-7-17-8-6-15/h11H,2-10H2,1H3,(H,13,16). The van der Waals surface area contributed by atoms with Gasteiger partial charge in [-0.15, -0.1) is 0 Å². The number of hydrogen-bond donors (Lipinski definition) is 1. The van der Waals surface area contributed by atoms with Gasteiger partial charge in [0.05, 0.1) is 13.2 Å². The minimum atomic E-state index is 0.0709. The molecule has 2 aliphatic heterocycles. The molecule has 2 amide bonds. The molecule has 0 saturated carbocycles. The zero-order valence-electron chi connectivity index (χ0n) is 10.7. The van der Waals surface area contributed by atoms with Crippen molar-refractivity contribution in [1.29, 1.82) is 0 Å². The summed E-state index contributed by atoms with van der Waals surface area (Å²) in [5, 5.41) is 3.05. The number of likely N-dealkylation sites (tertiary alicyclic amines) is 1. The predicted octanol–water partition coefficient (Wildman–Crippen LogP) is 0.370. The minimum Gasteiger partial charge on any atom is -0.378 e. The maximum absolute atomic E-state index is 11.9. The Morgan fingerprint density at radius 1 is 1.35 bits per heavy atom. The van der Waals surface area contributed by atoms with Crippen LogP contribution in [0.25, 0.3) is 0 Å². The van der Waals surface area contributed by atoms with E-state index in [0.29, 0.717) is 19.1 Å². The van der Waals surface area contributed by atoms with Crippen LogP contribution >= 0.6 is 0 Å². The Morgan fingerprint density at radius 2 is 2.12 bits per heavy atom. The second-order valence-electron chi connectivity index (χ2n) is 5.06. The molecule has 2 aliphatic rings. The summed E-state index contributed by atoms with van der Waals surface area (Å²) in [6.45, 7) is 5.86. The largest absolute Gasteiger partial charge is 0.378 e. The van der Waals surface area contributed by atoms with E-state index in [-0.39, 0.29) is 6.03 Å². The Kier molecular flexibility index (Phi) is 4.62. The molecule has 2 rings (SSSR count). The Balaban J connectivity index is 1.68. The highest BCUT2D eigenvalue weighted by Gasteiger charge is 2.20. The first kappa shape index (κ1) is 12.6. The van der Waals surface area contributed by atoms with Crippen LogP contribution in [0.1, 0.15) is 12.8 Å². The lowest BCUT2D eigenvalue weighted by Gasteiger charge is -2.31. The average molecular weight is 241 g/mol. The average Bonchev–Trinajstić information content (AvgIpc) is 2.37. The molecular formula is C12H23N3O2. The van der Waals surface area contributed by atoms with E-state index >= 15 is 0 Å². The van der Waals surface area contributed by atoms with Crippen LogP contribution in [0.2, 0.25) is 0 Å². The molecule has 0 aromatic carbocycles. The van der Waals surface area contributed by atoms with Gasteiger partial charge in [-0.1, -0.05) is 0 Å². The van der Waals surface area contributed by atoms with Crippen LogP contribution in [0.5, 0.6) is 0 Å². The van der Waals surface area contributed by atoms with E-state index < -0.39 is 0 Å². The van der Waals surface area contributed by atoms with Crippen LogP contribution in [0.4, 0.5) is 4.79 Å². The third-order valence-corrected chi connectivity index (χ3v) is 3.56. The van der Waals surface area contributed by atoms with E-state index in [2.05, 4.69) is 17.3 Å². The zero-order chi connectivity index (χ0) is 12.1. The summed E-state index contributed by atoms with van der Waals surface area (Å²) < 4.78 is 5.23. The number of carbonyl (C=O) groups is 1. The molecule has 0 bridgehead atoms. The molecule has 0 aromatic rings. The van der Waals surface area contributed by atoms with Gasteiger partial charge in [-0.25, -0.2) is 4.79 Å².